The summed E-state index contributed by atoms with van der Waals surface area (Å²) in [6.45, 7) is 10.9. The van der Waals surface area contributed by atoms with E-state index in [0.29, 0.717) is 19.8 Å². The van der Waals surface area contributed by atoms with E-state index < -0.39 is 18.0 Å². The number of anilines is 1. The zero-order chi connectivity index (χ0) is 23.8. The minimum absolute atomic E-state index is 0.176. The van der Waals surface area contributed by atoms with Crippen LogP contribution in [0.3, 0.4) is 0 Å². The van der Waals surface area contributed by atoms with Crippen molar-refractivity contribution < 1.29 is 19.0 Å². The van der Waals surface area contributed by atoms with E-state index in [1.807, 2.05) is 47.7 Å². The number of carbonyl (C=O) groups excluding carboxylic acids is 1. The molecule has 8 nitrogen and oxygen atoms in total. The van der Waals surface area contributed by atoms with Gasteiger partial charge in [0.05, 0.1) is 11.2 Å². The highest BCUT2D eigenvalue weighted by molar-refractivity contribution is 6.18. The van der Waals surface area contributed by atoms with Crippen LogP contribution < -0.4 is 10.6 Å². The van der Waals surface area contributed by atoms with Crippen molar-refractivity contribution in [3.05, 3.63) is 17.3 Å². The minimum atomic E-state index is -0.554. The molecule has 2 N–H and O–H groups in total. The number of aromatic nitrogens is 1. The number of hydrogen-bond acceptors (Lipinski definition) is 6. The molecule has 0 saturated heterocycles. The molecule has 0 bridgehead atoms. The zero-order valence-electron chi connectivity index (χ0n) is 20.3. The number of alkyl halides is 1. The number of halogens is 1. The van der Waals surface area contributed by atoms with Crippen LogP contribution in [0.5, 0.6) is 0 Å². The van der Waals surface area contributed by atoms with Crippen molar-refractivity contribution in [3.63, 3.8) is 0 Å². The summed E-state index contributed by atoms with van der Waals surface area (Å²) in [6, 6.07) is 2.21. The van der Waals surface area contributed by atoms with Gasteiger partial charge in [-0.05, 0) is 53.5 Å². The van der Waals surface area contributed by atoms with E-state index in [1.165, 1.54) is 0 Å². The number of aliphatic imine (C=N–C) groups is 1. The predicted molar refractivity (Wildman–Crippen MR) is 129 cm³/mol. The van der Waals surface area contributed by atoms with E-state index in [-0.39, 0.29) is 11.5 Å². The fourth-order valence-corrected chi connectivity index (χ4v) is 4.38. The average molecular weight is 471 g/mol. The maximum Gasteiger partial charge on any atom is 0.407 e. The van der Waals surface area contributed by atoms with Gasteiger partial charge in [0.15, 0.2) is 6.29 Å². The maximum atomic E-state index is 12.5. The molecule has 9 heteroatoms. The summed E-state index contributed by atoms with van der Waals surface area (Å²) in [7, 11) is 1.88. The lowest BCUT2D eigenvalue weighted by molar-refractivity contribution is -0.145. The van der Waals surface area contributed by atoms with Crippen LogP contribution in [0.1, 0.15) is 77.8 Å². The zero-order valence-corrected chi connectivity index (χ0v) is 21.1. The van der Waals surface area contributed by atoms with Crippen LogP contribution >= 0.6 is 11.6 Å². The monoisotopic (exact) mass is 470 g/mol. The second kappa shape index (κ2) is 11.9. The van der Waals surface area contributed by atoms with Gasteiger partial charge in [-0.15, -0.1) is 11.6 Å². The van der Waals surface area contributed by atoms with Crippen LogP contribution in [0.2, 0.25) is 0 Å². The van der Waals surface area contributed by atoms with E-state index in [0.717, 1.165) is 42.8 Å². The van der Waals surface area contributed by atoms with Crippen molar-refractivity contribution in [1.82, 2.24) is 9.88 Å². The SMILES string of the molecule is CCOC(OCC)c1cc(/C=N\CCl)c(NC)n1C1(CNC(=O)OC(C)(C)C)CCCC1. The van der Waals surface area contributed by atoms with Crippen molar-refractivity contribution in [2.45, 2.75) is 77.7 Å². The lowest BCUT2D eigenvalue weighted by atomic mass is 9.96. The molecule has 0 aliphatic heterocycles. The molecule has 32 heavy (non-hydrogen) atoms. The van der Waals surface area contributed by atoms with Gasteiger partial charge < -0.3 is 29.4 Å². The molecule has 0 unspecified atom stereocenters. The topological polar surface area (TPSA) is 86.1 Å². The van der Waals surface area contributed by atoms with Gasteiger partial charge in [0.25, 0.3) is 0 Å². The molecule has 0 radical (unpaired) electrons. The normalized spacial score (nSPS) is 16.1. The molecule has 1 saturated carbocycles. The number of nitrogens with zero attached hydrogens (tertiary/aromatic N) is 2. The standard InChI is InChI=1S/C23H39ClN4O4/c1-7-30-20(31-8-2)18-13-17(14-26-16-24)19(25-6)28(18)23(11-9-10-12-23)15-27-21(29)32-22(3,4)5/h13-14,20,25H,7-12,15-16H2,1-6H3,(H,27,29)/b26-14-. The van der Waals surface area contributed by atoms with E-state index in [4.69, 9.17) is 25.8 Å². The molecule has 0 aromatic carbocycles. The van der Waals surface area contributed by atoms with Gasteiger partial charge in [-0.2, -0.15) is 0 Å². The number of hydrogen-bond donors (Lipinski definition) is 2. The number of rotatable bonds is 11. The Hall–Kier alpha value is -1.77. The Labute approximate surface area is 197 Å². The molecule has 1 heterocycles. The summed E-state index contributed by atoms with van der Waals surface area (Å²) in [5, 5.41) is 6.34. The summed E-state index contributed by atoms with van der Waals surface area (Å²) in [6.07, 6.45) is 4.77. The Morgan fingerprint density at radius 2 is 1.91 bits per heavy atom. The van der Waals surface area contributed by atoms with E-state index in [9.17, 15) is 4.79 Å². The Morgan fingerprint density at radius 3 is 2.41 bits per heavy atom. The summed E-state index contributed by atoms with van der Waals surface area (Å²) in [5.74, 6) is 0.895. The van der Waals surface area contributed by atoms with Crippen molar-refractivity contribution in [3.8, 4) is 0 Å². The fraction of sp³-hybridized carbons (Fsp3) is 0.739. The van der Waals surface area contributed by atoms with Crippen molar-refractivity contribution in [2.24, 2.45) is 4.99 Å². The molecule has 1 aliphatic carbocycles. The summed E-state index contributed by atoms with van der Waals surface area (Å²) in [5.41, 5.74) is 0.893. The number of carbonyl (C=O) groups is 1. The van der Waals surface area contributed by atoms with Crippen LogP contribution in [0.25, 0.3) is 0 Å². The minimum Gasteiger partial charge on any atom is -0.444 e. The van der Waals surface area contributed by atoms with E-state index >= 15 is 0 Å². The third kappa shape index (κ3) is 6.62. The molecular weight excluding hydrogens is 432 g/mol. The van der Waals surface area contributed by atoms with Gasteiger partial charge in [0, 0.05) is 38.6 Å². The largest absolute Gasteiger partial charge is 0.444 e. The first kappa shape index (κ1) is 26.5. The van der Waals surface area contributed by atoms with Crippen LogP contribution in [0, 0.1) is 0 Å². The molecule has 0 atom stereocenters. The second-order valence-electron chi connectivity index (χ2n) is 8.92. The second-order valence-corrected chi connectivity index (χ2v) is 9.16. The molecule has 1 aliphatic rings. The number of ether oxygens (including phenoxy) is 3. The highest BCUT2D eigenvalue weighted by Gasteiger charge is 2.41. The van der Waals surface area contributed by atoms with Gasteiger partial charge >= 0.3 is 6.09 Å². The van der Waals surface area contributed by atoms with E-state index in [2.05, 4.69) is 20.2 Å². The van der Waals surface area contributed by atoms with Crippen LogP contribution in [0.15, 0.2) is 11.1 Å². The molecule has 1 aromatic heterocycles. The fourth-order valence-electron chi connectivity index (χ4n) is 4.31. The average Bonchev–Trinajstić information content (AvgIpc) is 3.34. The van der Waals surface area contributed by atoms with Gasteiger partial charge in [0.2, 0.25) is 0 Å². The quantitative estimate of drug-likeness (QED) is 0.205. The molecular formula is C23H39ClN4O4. The van der Waals surface area contributed by atoms with Gasteiger partial charge in [-0.1, -0.05) is 12.8 Å². The number of nitrogens with one attached hydrogen (secondary N) is 2. The molecule has 1 aromatic rings. The first-order valence-corrected chi connectivity index (χ1v) is 11.9. The van der Waals surface area contributed by atoms with Gasteiger partial charge in [0.1, 0.15) is 17.4 Å². The Morgan fingerprint density at radius 1 is 1.28 bits per heavy atom. The number of amides is 1. The predicted octanol–water partition coefficient (Wildman–Crippen LogP) is 5.01. The van der Waals surface area contributed by atoms with Crippen molar-refractivity contribution >= 4 is 29.7 Å². The third-order valence-corrected chi connectivity index (χ3v) is 5.58. The molecule has 182 valence electrons. The highest BCUT2D eigenvalue weighted by Crippen LogP contribution is 2.43. The first-order valence-electron chi connectivity index (χ1n) is 11.4. The molecule has 0 spiro atoms. The van der Waals surface area contributed by atoms with Gasteiger partial charge in [-0.3, -0.25) is 4.99 Å². The molecule has 1 fully saturated rings. The van der Waals surface area contributed by atoms with Crippen LogP contribution in [-0.4, -0.2) is 55.3 Å². The van der Waals surface area contributed by atoms with Crippen LogP contribution in [0.4, 0.5) is 10.6 Å². The summed E-state index contributed by atoms with van der Waals surface area (Å²) in [4.78, 5) is 16.7. The summed E-state index contributed by atoms with van der Waals surface area (Å²) < 4.78 is 19.7. The van der Waals surface area contributed by atoms with Crippen LogP contribution in [-0.2, 0) is 19.7 Å². The first-order chi connectivity index (χ1) is 15.2. The molecule has 1 amide bonds. The van der Waals surface area contributed by atoms with Crippen molar-refractivity contribution in [1.29, 1.82) is 0 Å². The smallest absolute Gasteiger partial charge is 0.407 e. The Bertz CT molecular complexity index is 761. The highest BCUT2D eigenvalue weighted by atomic mass is 35.5. The Balaban J connectivity index is 2.54. The Kier molecular flexibility index (Phi) is 9.85. The lowest BCUT2D eigenvalue weighted by Gasteiger charge is -2.36. The maximum absolute atomic E-state index is 12.5. The van der Waals surface area contributed by atoms with E-state index in [1.54, 1.807) is 6.21 Å². The van der Waals surface area contributed by atoms with Crippen molar-refractivity contribution in [2.75, 3.05) is 38.1 Å². The lowest BCUT2D eigenvalue weighted by Crippen LogP contribution is -2.46. The summed E-state index contributed by atoms with van der Waals surface area (Å²) >= 11 is 5.81. The number of alkyl carbamates (subject to hydrolysis) is 1. The van der Waals surface area contributed by atoms with Gasteiger partial charge in [-0.25, -0.2) is 4.79 Å². The molecule has 2 rings (SSSR count). The third-order valence-electron chi connectivity index (χ3n) is 5.44.